The SMILES string of the molecule is CCC(C)NS(=O)(=O)c1ccc(C(=O)Nc2nc(-c3ccc(OC)c(OC)c3)cs2)cc1. The molecule has 32 heavy (non-hydrogen) atoms. The van der Waals surface area contributed by atoms with Crippen LogP contribution in [-0.2, 0) is 10.0 Å². The van der Waals surface area contributed by atoms with Crippen LogP contribution in [0.2, 0.25) is 0 Å². The number of hydrogen-bond acceptors (Lipinski definition) is 7. The van der Waals surface area contributed by atoms with Gasteiger partial charge in [0, 0.05) is 22.5 Å². The molecule has 3 aromatic rings. The number of aromatic nitrogens is 1. The first kappa shape index (κ1) is 23.7. The monoisotopic (exact) mass is 475 g/mol. The van der Waals surface area contributed by atoms with Crippen molar-refractivity contribution in [2.75, 3.05) is 19.5 Å². The zero-order valence-electron chi connectivity index (χ0n) is 18.2. The molecule has 0 aliphatic rings. The van der Waals surface area contributed by atoms with Crippen LogP contribution in [0, 0.1) is 0 Å². The van der Waals surface area contributed by atoms with Gasteiger partial charge in [0.15, 0.2) is 16.6 Å². The van der Waals surface area contributed by atoms with Gasteiger partial charge in [-0.05, 0) is 55.8 Å². The molecule has 1 atom stereocenters. The molecule has 2 N–H and O–H groups in total. The second kappa shape index (κ2) is 10.1. The lowest BCUT2D eigenvalue weighted by atomic mass is 10.1. The Bertz CT molecular complexity index is 1190. The van der Waals surface area contributed by atoms with Gasteiger partial charge in [0.25, 0.3) is 5.91 Å². The van der Waals surface area contributed by atoms with Crippen LogP contribution >= 0.6 is 11.3 Å². The van der Waals surface area contributed by atoms with Crippen molar-refractivity contribution in [3.8, 4) is 22.8 Å². The Balaban J connectivity index is 1.71. The van der Waals surface area contributed by atoms with Crippen LogP contribution in [0.1, 0.15) is 30.6 Å². The van der Waals surface area contributed by atoms with Crippen LogP contribution in [0.15, 0.2) is 52.7 Å². The van der Waals surface area contributed by atoms with E-state index in [4.69, 9.17) is 9.47 Å². The topological polar surface area (TPSA) is 107 Å². The van der Waals surface area contributed by atoms with E-state index >= 15 is 0 Å². The first-order chi connectivity index (χ1) is 15.3. The number of anilines is 1. The highest BCUT2D eigenvalue weighted by Crippen LogP contribution is 2.33. The van der Waals surface area contributed by atoms with Gasteiger partial charge in [0.05, 0.1) is 24.8 Å². The van der Waals surface area contributed by atoms with Gasteiger partial charge < -0.3 is 9.47 Å². The van der Waals surface area contributed by atoms with Crippen molar-refractivity contribution in [3.05, 3.63) is 53.4 Å². The molecule has 1 heterocycles. The molecule has 0 saturated carbocycles. The normalized spacial score (nSPS) is 12.2. The van der Waals surface area contributed by atoms with E-state index in [0.29, 0.717) is 34.3 Å². The van der Waals surface area contributed by atoms with Crippen LogP contribution in [0.25, 0.3) is 11.3 Å². The molecule has 1 aromatic heterocycles. The summed E-state index contributed by atoms with van der Waals surface area (Å²) in [5.74, 6) is 0.823. The van der Waals surface area contributed by atoms with Gasteiger partial charge in [0.1, 0.15) is 0 Å². The van der Waals surface area contributed by atoms with E-state index in [-0.39, 0.29) is 16.8 Å². The van der Waals surface area contributed by atoms with Crippen LogP contribution in [0.5, 0.6) is 11.5 Å². The number of sulfonamides is 1. The van der Waals surface area contributed by atoms with Gasteiger partial charge in [0.2, 0.25) is 10.0 Å². The molecule has 3 rings (SSSR count). The summed E-state index contributed by atoms with van der Waals surface area (Å²) in [5, 5.41) is 5.00. The molecule has 0 bridgehead atoms. The summed E-state index contributed by atoms with van der Waals surface area (Å²) < 4.78 is 37.9. The van der Waals surface area contributed by atoms with Crippen molar-refractivity contribution in [1.82, 2.24) is 9.71 Å². The maximum absolute atomic E-state index is 12.6. The number of methoxy groups -OCH3 is 2. The second-order valence-corrected chi connectivity index (χ2v) is 9.59. The lowest BCUT2D eigenvalue weighted by Gasteiger charge is -2.12. The molecule has 0 spiro atoms. The molecule has 0 aliphatic heterocycles. The van der Waals surface area contributed by atoms with Crippen LogP contribution in [0.3, 0.4) is 0 Å². The fourth-order valence-electron chi connectivity index (χ4n) is 2.83. The van der Waals surface area contributed by atoms with Crippen molar-refractivity contribution in [1.29, 1.82) is 0 Å². The molecule has 170 valence electrons. The Labute approximate surface area is 191 Å². The Kier molecular flexibility index (Phi) is 7.49. The summed E-state index contributed by atoms with van der Waals surface area (Å²) >= 11 is 1.29. The van der Waals surface area contributed by atoms with Gasteiger partial charge in [-0.3, -0.25) is 10.1 Å². The summed E-state index contributed by atoms with van der Waals surface area (Å²) in [5.41, 5.74) is 1.84. The van der Waals surface area contributed by atoms with E-state index in [1.54, 1.807) is 27.2 Å². The van der Waals surface area contributed by atoms with Gasteiger partial charge >= 0.3 is 0 Å². The van der Waals surface area contributed by atoms with Crippen molar-refractivity contribution in [2.45, 2.75) is 31.2 Å². The number of benzene rings is 2. The minimum absolute atomic E-state index is 0.110. The molecular weight excluding hydrogens is 450 g/mol. The fourth-order valence-corrected chi connectivity index (χ4v) is 4.87. The maximum Gasteiger partial charge on any atom is 0.257 e. The predicted molar refractivity (Wildman–Crippen MR) is 125 cm³/mol. The minimum atomic E-state index is -3.62. The standard InChI is InChI=1S/C22H25N3O5S2/c1-5-14(2)25-32(27,28)17-9-6-15(7-10-17)21(26)24-22-23-18(13-31-22)16-8-11-19(29-3)20(12-16)30-4/h6-14,25H,5H2,1-4H3,(H,23,24,26). The average molecular weight is 476 g/mol. The second-order valence-electron chi connectivity index (χ2n) is 7.02. The first-order valence-corrected chi connectivity index (χ1v) is 12.2. The number of nitrogens with zero attached hydrogens (tertiary/aromatic N) is 1. The third-order valence-corrected chi connectivity index (χ3v) is 7.16. The Hall–Kier alpha value is -2.95. The smallest absolute Gasteiger partial charge is 0.257 e. The average Bonchev–Trinajstić information content (AvgIpc) is 3.26. The van der Waals surface area contributed by atoms with E-state index < -0.39 is 10.0 Å². The summed E-state index contributed by atoms with van der Waals surface area (Å²) in [4.78, 5) is 17.2. The maximum atomic E-state index is 12.6. The number of carbonyl (C=O) groups is 1. The van der Waals surface area contributed by atoms with E-state index in [1.807, 2.05) is 24.4 Å². The molecule has 0 saturated heterocycles. The molecule has 1 unspecified atom stereocenters. The van der Waals surface area contributed by atoms with E-state index in [1.165, 1.54) is 35.6 Å². The summed E-state index contributed by atoms with van der Waals surface area (Å²) in [7, 11) is -0.494. The molecule has 0 aliphatic carbocycles. The van der Waals surface area contributed by atoms with Gasteiger partial charge in [-0.25, -0.2) is 18.1 Å². The summed E-state index contributed by atoms with van der Waals surface area (Å²) in [6, 6.07) is 11.1. The predicted octanol–water partition coefficient (Wildman–Crippen LogP) is 4.16. The zero-order valence-corrected chi connectivity index (χ0v) is 19.8. The number of rotatable bonds is 9. The highest BCUT2D eigenvalue weighted by molar-refractivity contribution is 7.89. The molecule has 1 amide bonds. The van der Waals surface area contributed by atoms with Crippen molar-refractivity contribution in [3.63, 3.8) is 0 Å². The van der Waals surface area contributed by atoms with Gasteiger partial charge in [-0.2, -0.15) is 0 Å². The third-order valence-electron chi connectivity index (χ3n) is 4.80. The van der Waals surface area contributed by atoms with E-state index in [9.17, 15) is 13.2 Å². The number of carbonyl (C=O) groups excluding carboxylic acids is 1. The number of ether oxygens (including phenoxy) is 2. The van der Waals surface area contributed by atoms with E-state index in [0.717, 1.165) is 5.56 Å². The van der Waals surface area contributed by atoms with Crippen molar-refractivity contribution >= 4 is 32.4 Å². The molecule has 8 nitrogen and oxygen atoms in total. The van der Waals surface area contributed by atoms with Crippen LogP contribution < -0.4 is 19.5 Å². The molecule has 2 aromatic carbocycles. The largest absolute Gasteiger partial charge is 0.493 e. The van der Waals surface area contributed by atoms with Gasteiger partial charge in [-0.15, -0.1) is 11.3 Å². The van der Waals surface area contributed by atoms with Gasteiger partial charge in [-0.1, -0.05) is 6.92 Å². The number of amides is 1. The van der Waals surface area contributed by atoms with Crippen LogP contribution in [-0.4, -0.2) is 39.6 Å². The number of hydrogen-bond donors (Lipinski definition) is 2. The number of thiazole rings is 1. The Morgan fingerprint density at radius 3 is 2.41 bits per heavy atom. The highest BCUT2D eigenvalue weighted by atomic mass is 32.2. The van der Waals surface area contributed by atoms with E-state index in [2.05, 4.69) is 15.0 Å². The summed E-state index contributed by atoms with van der Waals surface area (Å²) in [6.07, 6.45) is 0.679. The molecule has 0 radical (unpaired) electrons. The fraction of sp³-hybridized carbons (Fsp3) is 0.273. The lowest BCUT2D eigenvalue weighted by Crippen LogP contribution is -2.32. The number of nitrogens with one attached hydrogen (secondary N) is 2. The Morgan fingerprint density at radius 1 is 1.09 bits per heavy atom. The van der Waals surface area contributed by atoms with Crippen LogP contribution in [0.4, 0.5) is 5.13 Å². The first-order valence-electron chi connectivity index (χ1n) is 9.89. The minimum Gasteiger partial charge on any atom is -0.493 e. The lowest BCUT2D eigenvalue weighted by molar-refractivity contribution is 0.102. The molecular formula is C22H25N3O5S2. The Morgan fingerprint density at radius 2 is 1.78 bits per heavy atom. The quantitative estimate of drug-likeness (QED) is 0.481. The van der Waals surface area contributed by atoms with Crippen molar-refractivity contribution < 1.29 is 22.7 Å². The zero-order chi connectivity index (χ0) is 23.3. The summed E-state index contributed by atoms with van der Waals surface area (Å²) in [6.45, 7) is 3.69. The third kappa shape index (κ3) is 5.45. The highest BCUT2D eigenvalue weighted by Gasteiger charge is 2.18. The molecule has 10 heteroatoms. The van der Waals surface area contributed by atoms with Crippen molar-refractivity contribution in [2.24, 2.45) is 0 Å². The molecule has 0 fully saturated rings.